The minimum atomic E-state index is -0.176. The largest absolute Gasteiger partial charge is 0.313 e. The van der Waals surface area contributed by atoms with E-state index in [4.69, 9.17) is 0 Å². The van der Waals surface area contributed by atoms with Crippen LogP contribution < -0.4 is 5.32 Å². The van der Waals surface area contributed by atoms with Crippen LogP contribution in [0.5, 0.6) is 0 Å². The molecule has 2 unspecified atom stereocenters. The Balaban J connectivity index is 2.16. The van der Waals surface area contributed by atoms with Crippen molar-refractivity contribution in [1.82, 2.24) is 5.32 Å². The fourth-order valence-electron chi connectivity index (χ4n) is 3.71. The lowest BCUT2D eigenvalue weighted by atomic mass is 9.76. The lowest BCUT2D eigenvalue weighted by Crippen LogP contribution is -2.42. The molecule has 1 aliphatic rings. The highest BCUT2D eigenvalue weighted by Crippen LogP contribution is 2.45. The highest BCUT2D eigenvalue weighted by Gasteiger charge is 2.39. The minimum absolute atomic E-state index is 0.176. The fourth-order valence-corrected chi connectivity index (χ4v) is 4.22. The van der Waals surface area contributed by atoms with Gasteiger partial charge in [0.15, 0.2) is 0 Å². The Morgan fingerprint density at radius 1 is 1.43 bits per heavy atom. The predicted octanol–water partition coefficient (Wildman–Crippen LogP) is 5.33. The summed E-state index contributed by atoms with van der Waals surface area (Å²) in [4.78, 5) is 0. The topological polar surface area (TPSA) is 12.0 Å². The molecule has 1 aliphatic carbocycles. The van der Waals surface area contributed by atoms with Crippen molar-refractivity contribution in [2.45, 2.75) is 58.9 Å². The van der Waals surface area contributed by atoms with Crippen LogP contribution in [-0.2, 0) is 6.42 Å². The molecule has 2 atom stereocenters. The van der Waals surface area contributed by atoms with Gasteiger partial charge in [0.25, 0.3) is 0 Å². The highest BCUT2D eigenvalue weighted by molar-refractivity contribution is 9.10. The molecular formula is C18H27BrFN. The van der Waals surface area contributed by atoms with E-state index in [9.17, 15) is 4.39 Å². The van der Waals surface area contributed by atoms with Crippen LogP contribution in [0, 0.1) is 17.2 Å². The van der Waals surface area contributed by atoms with Gasteiger partial charge in [0.05, 0.1) is 0 Å². The Labute approximate surface area is 136 Å². The van der Waals surface area contributed by atoms with Crippen molar-refractivity contribution in [3.63, 3.8) is 0 Å². The minimum Gasteiger partial charge on any atom is -0.313 e. The van der Waals surface area contributed by atoms with E-state index in [1.165, 1.54) is 24.8 Å². The summed E-state index contributed by atoms with van der Waals surface area (Å²) in [6, 6.07) is 5.54. The molecule has 21 heavy (non-hydrogen) atoms. The maximum Gasteiger partial charge on any atom is 0.124 e. The third-order valence-electron chi connectivity index (χ3n) is 4.94. The molecule has 0 saturated heterocycles. The first-order chi connectivity index (χ1) is 9.94. The first-order valence-corrected chi connectivity index (χ1v) is 8.90. The summed E-state index contributed by atoms with van der Waals surface area (Å²) in [5.41, 5.74) is 1.60. The maximum atomic E-state index is 13.3. The Morgan fingerprint density at radius 2 is 2.19 bits per heavy atom. The van der Waals surface area contributed by atoms with Gasteiger partial charge in [-0.3, -0.25) is 0 Å². The molecule has 0 heterocycles. The van der Waals surface area contributed by atoms with Crippen LogP contribution in [0.1, 0.15) is 52.0 Å². The predicted molar refractivity (Wildman–Crippen MR) is 91.0 cm³/mol. The molecular weight excluding hydrogens is 329 g/mol. The van der Waals surface area contributed by atoms with Crippen molar-refractivity contribution >= 4 is 15.9 Å². The molecule has 1 nitrogen and oxygen atoms in total. The molecule has 0 radical (unpaired) electrons. The molecule has 1 N–H and O–H groups in total. The van der Waals surface area contributed by atoms with E-state index in [1.54, 1.807) is 12.1 Å². The van der Waals surface area contributed by atoms with Crippen molar-refractivity contribution < 1.29 is 4.39 Å². The Kier molecular flexibility index (Phi) is 5.84. The van der Waals surface area contributed by atoms with E-state index in [1.807, 2.05) is 6.07 Å². The number of hydrogen-bond acceptors (Lipinski definition) is 1. The van der Waals surface area contributed by atoms with Crippen molar-refractivity contribution in [1.29, 1.82) is 0 Å². The number of rotatable bonds is 6. The van der Waals surface area contributed by atoms with Gasteiger partial charge in [-0.1, -0.05) is 49.2 Å². The molecule has 118 valence electrons. The molecule has 0 aromatic heterocycles. The second-order valence-corrected chi connectivity index (χ2v) is 7.84. The van der Waals surface area contributed by atoms with Gasteiger partial charge in [-0.25, -0.2) is 4.39 Å². The van der Waals surface area contributed by atoms with Gasteiger partial charge in [0, 0.05) is 10.5 Å². The van der Waals surface area contributed by atoms with Crippen LogP contribution in [-0.4, -0.2) is 12.6 Å². The van der Waals surface area contributed by atoms with Crippen molar-refractivity contribution in [2.24, 2.45) is 11.3 Å². The first kappa shape index (κ1) is 17.0. The molecule has 1 fully saturated rings. The number of hydrogen-bond donors (Lipinski definition) is 1. The normalized spacial score (nSPS) is 22.4. The first-order valence-electron chi connectivity index (χ1n) is 8.11. The van der Waals surface area contributed by atoms with Crippen molar-refractivity contribution in [3.8, 4) is 0 Å². The molecule has 1 aromatic rings. The number of halogens is 2. The molecule has 0 aliphatic heterocycles. The van der Waals surface area contributed by atoms with Gasteiger partial charge >= 0.3 is 0 Å². The molecule has 0 amide bonds. The van der Waals surface area contributed by atoms with Gasteiger partial charge in [0.1, 0.15) is 5.82 Å². The second kappa shape index (κ2) is 7.23. The van der Waals surface area contributed by atoms with E-state index in [-0.39, 0.29) is 5.82 Å². The van der Waals surface area contributed by atoms with E-state index in [2.05, 4.69) is 42.0 Å². The molecule has 2 rings (SSSR count). The quantitative estimate of drug-likeness (QED) is 0.727. The van der Waals surface area contributed by atoms with Crippen LogP contribution in [0.2, 0.25) is 0 Å². The van der Waals surface area contributed by atoms with Gasteiger partial charge < -0.3 is 5.32 Å². The Morgan fingerprint density at radius 3 is 2.76 bits per heavy atom. The van der Waals surface area contributed by atoms with Gasteiger partial charge in [-0.05, 0) is 61.3 Å². The monoisotopic (exact) mass is 355 g/mol. The molecule has 1 aromatic carbocycles. The zero-order valence-electron chi connectivity index (χ0n) is 13.4. The zero-order chi connectivity index (χ0) is 15.5. The van der Waals surface area contributed by atoms with Crippen molar-refractivity contribution in [3.05, 3.63) is 34.1 Å². The lowest BCUT2D eigenvalue weighted by molar-refractivity contribution is 0.195. The maximum absolute atomic E-state index is 13.3. The number of nitrogens with one attached hydrogen (secondary N) is 1. The summed E-state index contributed by atoms with van der Waals surface area (Å²) in [5.74, 6) is 0.519. The van der Waals surface area contributed by atoms with E-state index < -0.39 is 0 Å². The average molecular weight is 356 g/mol. The molecule has 3 heteroatoms. The SMILES string of the molecule is CCCNC(Cc1ccc(F)cc1Br)C1CCCC1(C)C. The Bertz CT molecular complexity index is 472. The van der Waals surface area contributed by atoms with Gasteiger partial charge in [-0.15, -0.1) is 0 Å². The van der Waals surface area contributed by atoms with E-state index >= 15 is 0 Å². The lowest BCUT2D eigenvalue weighted by Gasteiger charge is -2.35. The summed E-state index contributed by atoms with van der Waals surface area (Å²) < 4.78 is 14.2. The summed E-state index contributed by atoms with van der Waals surface area (Å²) in [6.45, 7) is 8.05. The van der Waals surface area contributed by atoms with Crippen LogP contribution in [0.4, 0.5) is 4.39 Å². The standard InChI is InChI=1S/C18H27BrFN/c1-4-10-21-17(15-6-5-9-18(15,2)3)11-13-7-8-14(20)12-16(13)19/h7-8,12,15,17,21H,4-6,9-11H2,1-3H3. The van der Waals surface area contributed by atoms with Crippen LogP contribution >= 0.6 is 15.9 Å². The fraction of sp³-hybridized carbons (Fsp3) is 0.667. The summed E-state index contributed by atoms with van der Waals surface area (Å²) in [7, 11) is 0. The molecule has 0 spiro atoms. The summed E-state index contributed by atoms with van der Waals surface area (Å²) in [6.07, 6.45) is 6.05. The second-order valence-electron chi connectivity index (χ2n) is 6.99. The van der Waals surface area contributed by atoms with Gasteiger partial charge in [0.2, 0.25) is 0 Å². The smallest absolute Gasteiger partial charge is 0.124 e. The highest BCUT2D eigenvalue weighted by atomic mass is 79.9. The third kappa shape index (κ3) is 4.29. The average Bonchev–Trinajstić information content (AvgIpc) is 2.76. The number of benzene rings is 1. The van der Waals surface area contributed by atoms with Crippen LogP contribution in [0.15, 0.2) is 22.7 Å². The summed E-state index contributed by atoms with van der Waals surface area (Å²) in [5, 5.41) is 3.74. The molecule has 0 bridgehead atoms. The van der Waals surface area contributed by atoms with Crippen LogP contribution in [0.3, 0.4) is 0 Å². The van der Waals surface area contributed by atoms with Gasteiger partial charge in [-0.2, -0.15) is 0 Å². The molecule has 1 saturated carbocycles. The van der Waals surface area contributed by atoms with Crippen LogP contribution in [0.25, 0.3) is 0 Å². The van der Waals surface area contributed by atoms with E-state index in [0.717, 1.165) is 23.9 Å². The summed E-state index contributed by atoms with van der Waals surface area (Å²) >= 11 is 3.51. The van der Waals surface area contributed by atoms with Crippen molar-refractivity contribution in [2.75, 3.05) is 6.54 Å². The zero-order valence-corrected chi connectivity index (χ0v) is 15.0. The van der Waals surface area contributed by atoms with E-state index in [0.29, 0.717) is 17.4 Å². The third-order valence-corrected chi connectivity index (χ3v) is 5.68. The Hall–Kier alpha value is -0.410.